The molecule has 1 aromatic heterocycles. The minimum atomic E-state index is -3.50. The molecule has 0 radical (unpaired) electrons. The minimum Gasteiger partial charge on any atom is -0.477 e. The third kappa shape index (κ3) is 3.36. The highest BCUT2D eigenvalue weighted by molar-refractivity contribution is 7.89. The number of nitrogens with zero attached hydrogens (tertiary/aromatic N) is 1. The van der Waals surface area contributed by atoms with Crippen molar-refractivity contribution < 1.29 is 18.3 Å². The average molecular weight is 384 g/mol. The summed E-state index contributed by atoms with van der Waals surface area (Å²) in [5, 5.41) is 9.96. The average Bonchev–Trinajstić information content (AvgIpc) is 3.12. The Kier molecular flexibility index (Phi) is 4.49. The van der Waals surface area contributed by atoms with Crippen LogP contribution in [0, 0.1) is 0 Å². The fourth-order valence-corrected chi connectivity index (χ4v) is 5.24. The molecule has 0 aliphatic carbocycles. The maximum atomic E-state index is 12.9. The molecule has 7 heteroatoms. The molecule has 1 aliphatic heterocycles. The van der Waals surface area contributed by atoms with Crippen LogP contribution < -0.4 is 0 Å². The lowest BCUT2D eigenvalue weighted by Crippen LogP contribution is -2.39. The van der Waals surface area contributed by atoms with Crippen LogP contribution in [-0.2, 0) is 10.0 Å². The molecule has 6 nitrogen and oxygen atoms in total. The van der Waals surface area contributed by atoms with Crippen molar-refractivity contribution in [3.63, 3.8) is 0 Å². The van der Waals surface area contributed by atoms with E-state index in [0.717, 1.165) is 29.3 Å². The van der Waals surface area contributed by atoms with Gasteiger partial charge in [-0.1, -0.05) is 24.3 Å². The number of carbonyl (C=O) groups is 1. The summed E-state index contributed by atoms with van der Waals surface area (Å²) < 4.78 is 27.4. The number of nitrogens with one attached hydrogen (secondary N) is 1. The molecule has 2 N–H and O–H groups in total. The molecule has 3 aromatic rings. The van der Waals surface area contributed by atoms with Crippen LogP contribution >= 0.6 is 0 Å². The molecule has 2 heterocycles. The van der Waals surface area contributed by atoms with Gasteiger partial charge in [0, 0.05) is 24.0 Å². The zero-order valence-electron chi connectivity index (χ0n) is 14.6. The number of rotatable bonds is 4. The number of aromatic amines is 1. The summed E-state index contributed by atoms with van der Waals surface area (Å²) in [5.74, 6) is -0.907. The Bertz CT molecular complexity index is 1090. The summed E-state index contributed by atoms with van der Waals surface area (Å²) in [6, 6.07) is 15.9. The molecular formula is C20H20N2O4S. The van der Waals surface area contributed by atoms with E-state index in [2.05, 4.69) is 4.98 Å². The van der Waals surface area contributed by atoms with Gasteiger partial charge >= 0.3 is 5.97 Å². The van der Waals surface area contributed by atoms with Crippen molar-refractivity contribution in [3.05, 3.63) is 65.9 Å². The van der Waals surface area contributed by atoms with Gasteiger partial charge in [0.25, 0.3) is 0 Å². The maximum absolute atomic E-state index is 12.9. The van der Waals surface area contributed by atoms with E-state index in [1.165, 1.54) is 0 Å². The molecule has 0 saturated carbocycles. The summed E-state index contributed by atoms with van der Waals surface area (Å²) in [6.07, 6.45) is 1.70. The molecule has 1 unspecified atom stereocenters. The Labute approximate surface area is 157 Å². The number of H-pyrrole nitrogens is 1. The van der Waals surface area contributed by atoms with Gasteiger partial charge in [0.2, 0.25) is 10.0 Å². The third-order valence-corrected chi connectivity index (χ3v) is 6.99. The lowest BCUT2D eigenvalue weighted by Gasteiger charge is -2.32. The first-order valence-corrected chi connectivity index (χ1v) is 10.3. The largest absolute Gasteiger partial charge is 0.477 e. The van der Waals surface area contributed by atoms with E-state index in [1.807, 2.05) is 18.2 Å². The zero-order valence-corrected chi connectivity index (χ0v) is 15.4. The van der Waals surface area contributed by atoms with Crippen LogP contribution in [0.4, 0.5) is 0 Å². The van der Waals surface area contributed by atoms with Gasteiger partial charge in [-0.05, 0) is 54.7 Å². The maximum Gasteiger partial charge on any atom is 0.352 e. The molecule has 0 amide bonds. The normalized spacial score (nSPS) is 18.6. The van der Waals surface area contributed by atoms with Crippen LogP contribution in [-0.4, -0.2) is 41.9 Å². The first-order chi connectivity index (χ1) is 12.9. The monoisotopic (exact) mass is 384 g/mol. The Hall–Kier alpha value is -2.64. The van der Waals surface area contributed by atoms with E-state index in [1.54, 1.807) is 40.7 Å². The van der Waals surface area contributed by atoms with Gasteiger partial charge in [0.1, 0.15) is 5.69 Å². The van der Waals surface area contributed by atoms with Crippen molar-refractivity contribution in [1.82, 2.24) is 9.29 Å². The number of hydrogen-bond acceptors (Lipinski definition) is 3. The highest BCUT2D eigenvalue weighted by Crippen LogP contribution is 2.32. The second-order valence-electron chi connectivity index (χ2n) is 6.85. The number of benzene rings is 2. The standard InChI is InChI=1S/C20H20N2O4S/c23-20(24)19-12-16-11-14(8-9-18(16)21-19)15-5-4-10-22(13-15)27(25,26)17-6-2-1-3-7-17/h1-3,6-9,11-12,15,21H,4-5,10,13H2,(H,23,24). The van der Waals surface area contributed by atoms with E-state index in [9.17, 15) is 13.2 Å². The second kappa shape index (κ2) is 6.83. The highest BCUT2D eigenvalue weighted by atomic mass is 32.2. The lowest BCUT2D eigenvalue weighted by atomic mass is 9.91. The Morgan fingerprint density at radius 1 is 1.11 bits per heavy atom. The fraction of sp³-hybridized carbons (Fsp3) is 0.250. The van der Waals surface area contributed by atoms with Crippen molar-refractivity contribution in [2.45, 2.75) is 23.7 Å². The summed E-state index contributed by atoms with van der Waals surface area (Å²) in [5.41, 5.74) is 1.95. The number of sulfonamides is 1. The summed E-state index contributed by atoms with van der Waals surface area (Å²) >= 11 is 0. The van der Waals surface area contributed by atoms with Crippen molar-refractivity contribution in [3.8, 4) is 0 Å². The van der Waals surface area contributed by atoms with Crippen LogP contribution in [0.2, 0.25) is 0 Å². The van der Waals surface area contributed by atoms with Crippen molar-refractivity contribution in [1.29, 1.82) is 0 Å². The van der Waals surface area contributed by atoms with E-state index >= 15 is 0 Å². The quantitative estimate of drug-likeness (QED) is 0.721. The smallest absolute Gasteiger partial charge is 0.352 e. The Balaban J connectivity index is 1.61. The van der Waals surface area contributed by atoms with E-state index in [4.69, 9.17) is 5.11 Å². The Morgan fingerprint density at radius 2 is 1.89 bits per heavy atom. The number of aromatic carboxylic acids is 1. The van der Waals surface area contributed by atoms with Gasteiger partial charge in [-0.25, -0.2) is 13.2 Å². The molecule has 1 fully saturated rings. The number of aromatic nitrogens is 1. The molecule has 1 aliphatic rings. The second-order valence-corrected chi connectivity index (χ2v) is 8.79. The van der Waals surface area contributed by atoms with Crippen LogP contribution in [0.25, 0.3) is 10.9 Å². The van der Waals surface area contributed by atoms with Crippen LogP contribution in [0.15, 0.2) is 59.5 Å². The SMILES string of the molecule is O=C(O)c1cc2cc(C3CCCN(S(=O)(=O)c4ccccc4)C3)ccc2[nH]1. The number of piperidine rings is 1. The summed E-state index contributed by atoms with van der Waals surface area (Å²) in [7, 11) is -3.50. The Morgan fingerprint density at radius 3 is 2.63 bits per heavy atom. The van der Waals surface area contributed by atoms with Crippen LogP contribution in [0.1, 0.15) is 34.8 Å². The molecule has 1 saturated heterocycles. The minimum absolute atomic E-state index is 0.0878. The fourth-order valence-electron chi connectivity index (χ4n) is 3.69. The van der Waals surface area contributed by atoms with Crippen LogP contribution in [0.3, 0.4) is 0 Å². The number of fused-ring (bicyclic) bond motifs is 1. The predicted octanol–water partition coefficient (Wildman–Crippen LogP) is 3.43. The number of hydrogen-bond donors (Lipinski definition) is 2. The number of carboxylic acids is 1. The van der Waals surface area contributed by atoms with Gasteiger partial charge in [-0.15, -0.1) is 0 Å². The third-order valence-electron chi connectivity index (χ3n) is 5.11. The zero-order chi connectivity index (χ0) is 19.0. The summed E-state index contributed by atoms with van der Waals surface area (Å²) in [6.45, 7) is 0.947. The summed E-state index contributed by atoms with van der Waals surface area (Å²) in [4.78, 5) is 14.3. The molecule has 1 atom stereocenters. The van der Waals surface area contributed by atoms with Gasteiger partial charge < -0.3 is 10.1 Å². The predicted molar refractivity (Wildman–Crippen MR) is 102 cm³/mol. The van der Waals surface area contributed by atoms with Crippen LogP contribution in [0.5, 0.6) is 0 Å². The first-order valence-electron chi connectivity index (χ1n) is 8.86. The van der Waals surface area contributed by atoms with E-state index in [0.29, 0.717) is 18.0 Å². The molecule has 27 heavy (non-hydrogen) atoms. The molecule has 140 valence electrons. The molecular weight excluding hydrogens is 364 g/mol. The lowest BCUT2D eigenvalue weighted by molar-refractivity contribution is 0.0691. The van der Waals surface area contributed by atoms with Gasteiger partial charge in [-0.3, -0.25) is 0 Å². The van der Waals surface area contributed by atoms with E-state index < -0.39 is 16.0 Å². The first kappa shape index (κ1) is 17.8. The van der Waals surface area contributed by atoms with E-state index in [-0.39, 0.29) is 11.6 Å². The number of carboxylic acid groups (broad SMARTS) is 1. The van der Waals surface area contributed by atoms with Crippen molar-refractivity contribution >= 4 is 26.9 Å². The molecule has 0 bridgehead atoms. The van der Waals surface area contributed by atoms with Gasteiger partial charge in [0.05, 0.1) is 4.90 Å². The highest BCUT2D eigenvalue weighted by Gasteiger charge is 2.30. The molecule has 2 aromatic carbocycles. The van der Waals surface area contributed by atoms with Gasteiger partial charge in [-0.2, -0.15) is 4.31 Å². The molecule has 4 rings (SSSR count). The van der Waals surface area contributed by atoms with Crippen molar-refractivity contribution in [2.24, 2.45) is 0 Å². The van der Waals surface area contributed by atoms with Gasteiger partial charge in [0.15, 0.2) is 0 Å². The topological polar surface area (TPSA) is 90.5 Å². The molecule has 0 spiro atoms. The van der Waals surface area contributed by atoms with Crippen molar-refractivity contribution in [2.75, 3.05) is 13.1 Å².